The summed E-state index contributed by atoms with van der Waals surface area (Å²) in [6.45, 7) is 6.94. The molecule has 0 aliphatic rings. The van der Waals surface area contributed by atoms with Gasteiger partial charge < -0.3 is 10.2 Å². The van der Waals surface area contributed by atoms with Gasteiger partial charge in [-0.05, 0) is 37.7 Å². The summed E-state index contributed by atoms with van der Waals surface area (Å²) in [5.74, 6) is 0. The molecule has 0 saturated heterocycles. The highest BCUT2D eigenvalue weighted by Gasteiger charge is 2.05. The fourth-order valence-electron chi connectivity index (χ4n) is 1.57. The van der Waals surface area contributed by atoms with Gasteiger partial charge in [0.15, 0.2) is 0 Å². The molecular weight excluding hydrogens is 291 g/mol. The number of azo groups is 1. The number of hydrogen-bond acceptors (Lipinski definition) is 2. The van der Waals surface area contributed by atoms with Crippen LogP contribution in [0.5, 0.6) is 0 Å². The minimum Gasteiger partial charge on any atom is -0.462 e. The van der Waals surface area contributed by atoms with Crippen LogP contribution in [0.15, 0.2) is 10.2 Å². The molecule has 0 heterocycles. The molecule has 2 amide bonds. The molecule has 21 heavy (non-hydrogen) atoms. The maximum absolute atomic E-state index is 9.38. The lowest BCUT2D eigenvalue weighted by Gasteiger charge is -2.16. The van der Waals surface area contributed by atoms with Gasteiger partial charge in [0.25, 0.3) is 0 Å². The van der Waals surface area contributed by atoms with Crippen LogP contribution >= 0.6 is 7.92 Å². The number of rotatable bonds is 9. The summed E-state index contributed by atoms with van der Waals surface area (Å²) in [7, 11) is 0.422. The quantitative estimate of drug-likeness (QED) is 0.422. The third kappa shape index (κ3) is 21.4. The Kier molecular flexibility index (Phi) is 18.0. The number of carboxylic acid groups (broad SMARTS) is 2. The maximum Gasteiger partial charge on any atom is 0.450 e. The van der Waals surface area contributed by atoms with E-state index in [0.29, 0.717) is 7.92 Å². The van der Waals surface area contributed by atoms with Gasteiger partial charge in [-0.2, -0.15) is 0 Å². The summed E-state index contributed by atoms with van der Waals surface area (Å²) >= 11 is 0. The fourth-order valence-corrected chi connectivity index (χ4v) is 4.53. The van der Waals surface area contributed by atoms with Gasteiger partial charge in [-0.15, -0.1) is 7.92 Å². The zero-order chi connectivity index (χ0) is 16.5. The summed E-state index contributed by atoms with van der Waals surface area (Å²) in [6.07, 6.45) is 9.98. The highest BCUT2D eigenvalue weighted by molar-refractivity contribution is 7.57. The van der Waals surface area contributed by atoms with E-state index in [-0.39, 0.29) is 0 Å². The molecule has 0 fully saturated rings. The van der Waals surface area contributed by atoms with E-state index in [1.807, 2.05) is 0 Å². The number of hydrogen-bond donors (Lipinski definition) is 2. The van der Waals surface area contributed by atoms with E-state index in [9.17, 15) is 9.59 Å². The largest absolute Gasteiger partial charge is 0.462 e. The van der Waals surface area contributed by atoms with Gasteiger partial charge in [0.05, 0.1) is 0 Å². The highest BCUT2D eigenvalue weighted by Crippen LogP contribution is 2.38. The topological polar surface area (TPSA) is 99.3 Å². The Bertz CT molecular complexity index is 264. The summed E-state index contributed by atoms with van der Waals surface area (Å²) < 4.78 is 0. The fraction of sp³-hybridized carbons (Fsp3) is 0.857. The van der Waals surface area contributed by atoms with Crippen molar-refractivity contribution in [2.24, 2.45) is 10.2 Å². The van der Waals surface area contributed by atoms with E-state index >= 15 is 0 Å². The normalized spacial score (nSPS) is 10.5. The molecule has 0 aromatic heterocycles. The highest BCUT2D eigenvalue weighted by atomic mass is 31.1. The molecule has 0 aromatic rings. The Labute approximate surface area is 128 Å². The zero-order valence-electron chi connectivity index (χ0n) is 13.4. The van der Waals surface area contributed by atoms with Crippen molar-refractivity contribution in [3.8, 4) is 0 Å². The molecule has 0 bridgehead atoms. The van der Waals surface area contributed by atoms with Crippen LogP contribution in [-0.2, 0) is 0 Å². The van der Waals surface area contributed by atoms with Gasteiger partial charge in [-0.3, -0.25) is 0 Å². The van der Waals surface area contributed by atoms with E-state index < -0.39 is 12.2 Å². The van der Waals surface area contributed by atoms with Gasteiger partial charge in [0.1, 0.15) is 0 Å². The molecule has 0 radical (unpaired) electrons. The van der Waals surface area contributed by atoms with Crippen molar-refractivity contribution in [3.05, 3.63) is 0 Å². The van der Waals surface area contributed by atoms with Crippen LogP contribution in [0.3, 0.4) is 0 Å². The van der Waals surface area contributed by atoms with Crippen molar-refractivity contribution in [3.63, 3.8) is 0 Å². The molecular formula is C14H29N2O4P. The second kappa shape index (κ2) is 17.0. The standard InChI is InChI=1S/C12H27P.C2H2N2O4/c1-4-7-10-13(11-8-5-2)12-9-6-3;5-1(6)3-4-2(7)8/h4-12H2,1-3H3;(H,5,6)(H,7,8). The van der Waals surface area contributed by atoms with Crippen molar-refractivity contribution in [1.82, 2.24) is 0 Å². The lowest BCUT2D eigenvalue weighted by molar-refractivity contribution is 0.194. The number of unbranched alkanes of at least 4 members (excludes halogenated alkanes) is 3. The molecule has 0 aliphatic carbocycles. The van der Waals surface area contributed by atoms with Gasteiger partial charge in [-0.1, -0.05) is 50.3 Å². The molecule has 0 unspecified atom stereocenters. The van der Waals surface area contributed by atoms with Crippen LogP contribution in [0.4, 0.5) is 9.59 Å². The van der Waals surface area contributed by atoms with Crippen LogP contribution in [-0.4, -0.2) is 40.9 Å². The van der Waals surface area contributed by atoms with Crippen LogP contribution in [0.1, 0.15) is 59.3 Å². The van der Waals surface area contributed by atoms with E-state index in [1.54, 1.807) is 18.5 Å². The summed E-state index contributed by atoms with van der Waals surface area (Å²) in [4.78, 5) is 18.8. The predicted octanol–water partition coefficient (Wildman–Crippen LogP) is 5.66. The molecule has 2 N–H and O–H groups in total. The lowest BCUT2D eigenvalue weighted by atomic mass is 10.4. The molecule has 6 nitrogen and oxygen atoms in total. The Morgan fingerprint density at radius 2 is 1.05 bits per heavy atom. The second-order valence-corrected chi connectivity index (χ2v) is 7.35. The Balaban J connectivity index is 0. The smallest absolute Gasteiger partial charge is 0.450 e. The Morgan fingerprint density at radius 3 is 1.24 bits per heavy atom. The average molecular weight is 320 g/mol. The van der Waals surface area contributed by atoms with Crippen molar-refractivity contribution >= 4 is 20.1 Å². The summed E-state index contributed by atoms with van der Waals surface area (Å²) in [6, 6.07) is 0. The molecule has 0 spiro atoms. The van der Waals surface area contributed by atoms with E-state index in [1.165, 1.54) is 38.5 Å². The first kappa shape index (κ1) is 22.3. The average Bonchev–Trinajstić information content (AvgIpc) is 2.45. The van der Waals surface area contributed by atoms with E-state index in [4.69, 9.17) is 10.2 Å². The molecule has 0 aromatic carbocycles. The Morgan fingerprint density at radius 1 is 0.762 bits per heavy atom. The van der Waals surface area contributed by atoms with Crippen molar-refractivity contribution in [2.45, 2.75) is 59.3 Å². The maximum atomic E-state index is 9.38. The Hall–Kier alpha value is -1.03. The van der Waals surface area contributed by atoms with Crippen molar-refractivity contribution in [1.29, 1.82) is 0 Å². The van der Waals surface area contributed by atoms with E-state index in [2.05, 4.69) is 31.0 Å². The van der Waals surface area contributed by atoms with Crippen molar-refractivity contribution in [2.75, 3.05) is 18.5 Å². The van der Waals surface area contributed by atoms with Crippen LogP contribution in [0, 0.1) is 0 Å². The molecule has 7 heteroatoms. The SMILES string of the molecule is CCCCP(CCCC)CCCC.O=C(O)N=NC(=O)O. The number of carbonyl (C=O) groups is 2. The van der Waals surface area contributed by atoms with Gasteiger partial charge >= 0.3 is 12.2 Å². The third-order valence-corrected chi connectivity index (χ3v) is 5.55. The lowest BCUT2D eigenvalue weighted by Crippen LogP contribution is -1.95. The van der Waals surface area contributed by atoms with Crippen LogP contribution in [0.2, 0.25) is 0 Å². The van der Waals surface area contributed by atoms with Crippen LogP contribution < -0.4 is 0 Å². The molecule has 124 valence electrons. The summed E-state index contributed by atoms with van der Waals surface area (Å²) in [5.41, 5.74) is 0. The monoisotopic (exact) mass is 320 g/mol. The minimum atomic E-state index is -1.62. The first-order chi connectivity index (χ1) is 9.97. The molecule has 0 aliphatic heterocycles. The van der Waals surface area contributed by atoms with E-state index in [0.717, 1.165) is 0 Å². The second-order valence-electron chi connectivity index (χ2n) is 4.67. The zero-order valence-corrected chi connectivity index (χ0v) is 14.3. The minimum absolute atomic E-state index is 0.422. The number of amides is 2. The number of nitrogens with zero attached hydrogens (tertiary/aromatic N) is 2. The van der Waals surface area contributed by atoms with Gasteiger partial charge in [0, 0.05) is 0 Å². The first-order valence-corrected chi connectivity index (χ1v) is 9.47. The van der Waals surface area contributed by atoms with Gasteiger partial charge in [0.2, 0.25) is 0 Å². The summed E-state index contributed by atoms with van der Waals surface area (Å²) in [5, 5.41) is 19.8. The molecule has 0 rings (SSSR count). The van der Waals surface area contributed by atoms with Crippen LogP contribution in [0.25, 0.3) is 0 Å². The molecule has 0 atom stereocenters. The van der Waals surface area contributed by atoms with Gasteiger partial charge in [-0.25, -0.2) is 9.59 Å². The third-order valence-electron chi connectivity index (χ3n) is 2.70. The predicted molar refractivity (Wildman–Crippen MR) is 87.2 cm³/mol. The molecule has 0 saturated carbocycles. The first-order valence-electron chi connectivity index (χ1n) is 7.57. The van der Waals surface area contributed by atoms with Crippen molar-refractivity contribution < 1.29 is 19.8 Å².